The number of oxime groups is 2. The van der Waals surface area contributed by atoms with Crippen LogP contribution in [-0.4, -0.2) is 11.4 Å². The van der Waals surface area contributed by atoms with Gasteiger partial charge in [0.15, 0.2) is 11.5 Å². The van der Waals surface area contributed by atoms with Crippen LogP contribution in [0.1, 0.15) is 11.1 Å². The fourth-order valence-corrected chi connectivity index (χ4v) is 2.26. The number of benzene rings is 2. The highest BCUT2D eigenvalue weighted by Gasteiger charge is 2.13. The lowest BCUT2D eigenvalue weighted by Gasteiger charge is -2.01. The van der Waals surface area contributed by atoms with Crippen LogP contribution in [0.2, 0.25) is 0 Å². The van der Waals surface area contributed by atoms with Crippen molar-refractivity contribution in [1.29, 1.82) is 0 Å². The van der Waals surface area contributed by atoms with E-state index < -0.39 is 0 Å². The zero-order valence-corrected chi connectivity index (χ0v) is 11.6. The van der Waals surface area contributed by atoms with Crippen LogP contribution in [-0.2, 0) is 0 Å². The fourth-order valence-electron chi connectivity index (χ4n) is 2.26. The van der Waals surface area contributed by atoms with E-state index in [0.717, 1.165) is 22.6 Å². The Bertz CT molecular complexity index is 776. The molecule has 22 heavy (non-hydrogen) atoms. The van der Waals surface area contributed by atoms with E-state index >= 15 is 0 Å². The summed E-state index contributed by atoms with van der Waals surface area (Å²) < 4.78 is 0. The molecule has 0 N–H and O–H groups in total. The Hall–Kier alpha value is -3.14. The summed E-state index contributed by atoms with van der Waals surface area (Å²) in [4.78, 5) is 11.0. The van der Waals surface area contributed by atoms with Gasteiger partial charge >= 0.3 is 0 Å². The molecule has 4 nitrogen and oxygen atoms in total. The van der Waals surface area contributed by atoms with Crippen LogP contribution in [0.4, 0.5) is 0 Å². The van der Waals surface area contributed by atoms with Gasteiger partial charge in [-0.3, -0.25) is 0 Å². The number of para-hydroxylation sites is 2. The average molecular weight is 288 g/mol. The molecule has 2 aromatic rings. The third kappa shape index (κ3) is 2.31. The van der Waals surface area contributed by atoms with Gasteiger partial charge in [0.25, 0.3) is 0 Å². The maximum Gasteiger partial charge on any atom is 0.165 e. The van der Waals surface area contributed by atoms with Crippen LogP contribution >= 0.6 is 0 Å². The van der Waals surface area contributed by atoms with Gasteiger partial charge < -0.3 is 9.68 Å². The van der Waals surface area contributed by atoms with Crippen LogP contribution in [0, 0.1) is 0 Å². The zero-order chi connectivity index (χ0) is 14.8. The van der Waals surface area contributed by atoms with Gasteiger partial charge in [-0.25, -0.2) is 0 Å². The number of hydrogen-bond donors (Lipinski definition) is 0. The summed E-state index contributed by atoms with van der Waals surface area (Å²) in [6.45, 7) is 0. The van der Waals surface area contributed by atoms with Crippen molar-refractivity contribution in [3.63, 3.8) is 0 Å². The van der Waals surface area contributed by atoms with Gasteiger partial charge in [-0.15, -0.1) is 0 Å². The van der Waals surface area contributed by atoms with Crippen molar-refractivity contribution < 1.29 is 9.68 Å². The molecule has 2 heterocycles. The van der Waals surface area contributed by atoms with Crippen molar-refractivity contribution >= 4 is 23.6 Å². The minimum absolute atomic E-state index is 0.611. The Morgan fingerprint density at radius 1 is 0.545 bits per heavy atom. The summed E-state index contributed by atoms with van der Waals surface area (Å²) in [6, 6.07) is 15.4. The maximum atomic E-state index is 5.49. The number of rotatable bonds is 1. The van der Waals surface area contributed by atoms with Gasteiger partial charge in [0.1, 0.15) is 11.4 Å². The van der Waals surface area contributed by atoms with Crippen LogP contribution in [0.5, 0.6) is 11.5 Å². The largest absolute Gasteiger partial charge is 0.356 e. The van der Waals surface area contributed by atoms with Gasteiger partial charge in [0.05, 0.1) is 0 Å². The Morgan fingerprint density at radius 3 is 1.50 bits per heavy atom. The number of nitrogens with zero attached hydrogens (tertiary/aromatic N) is 2. The topological polar surface area (TPSA) is 43.2 Å². The lowest BCUT2D eigenvalue weighted by atomic mass is 10.1. The molecule has 0 bridgehead atoms. The third-order valence-electron chi connectivity index (χ3n) is 3.43. The molecule has 2 aliphatic rings. The minimum atomic E-state index is 0.611. The molecule has 0 atom stereocenters. The van der Waals surface area contributed by atoms with Crippen LogP contribution in [0.3, 0.4) is 0 Å². The van der Waals surface area contributed by atoms with Gasteiger partial charge in [-0.05, 0) is 36.4 Å². The molecule has 4 heteroatoms. The van der Waals surface area contributed by atoms with Gasteiger partial charge in [0.2, 0.25) is 0 Å². The fraction of sp³-hybridized carbons (Fsp3) is 0. The molecule has 2 aromatic carbocycles. The second-order valence-corrected chi connectivity index (χ2v) is 4.88. The molecule has 0 saturated heterocycles. The lowest BCUT2D eigenvalue weighted by molar-refractivity contribution is 0.338. The van der Waals surface area contributed by atoms with E-state index in [2.05, 4.69) is 10.3 Å². The smallest absolute Gasteiger partial charge is 0.165 e. The first-order chi connectivity index (χ1) is 10.9. The summed E-state index contributed by atoms with van der Waals surface area (Å²) >= 11 is 0. The van der Waals surface area contributed by atoms with E-state index in [9.17, 15) is 0 Å². The summed E-state index contributed by atoms with van der Waals surface area (Å²) in [5.74, 6) is 1.44. The van der Waals surface area contributed by atoms with Crippen LogP contribution < -0.4 is 9.68 Å². The summed E-state index contributed by atoms with van der Waals surface area (Å²) in [7, 11) is 0. The molecule has 0 saturated carbocycles. The lowest BCUT2D eigenvalue weighted by Crippen LogP contribution is -2.10. The molecule has 0 amide bonds. The Morgan fingerprint density at radius 2 is 1.00 bits per heavy atom. The Kier molecular flexibility index (Phi) is 3.05. The van der Waals surface area contributed by atoms with Crippen molar-refractivity contribution in [1.82, 2.24) is 0 Å². The highest BCUT2D eigenvalue weighted by Crippen LogP contribution is 2.24. The predicted molar refractivity (Wildman–Crippen MR) is 87.1 cm³/mol. The normalized spacial score (nSPS) is 15.3. The summed E-state index contributed by atoms with van der Waals surface area (Å²) in [5.41, 5.74) is 3.17. The van der Waals surface area contributed by atoms with Crippen molar-refractivity contribution in [2.45, 2.75) is 0 Å². The number of allylic oxidation sites excluding steroid dienone is 2. The molecule has 0 fully saturated rings. The molecule has 0 spiro atoms. The summed E-state index contributed by atoms with van der Waals surface area (Å²) in [6.07, 6.45) is 7.65. The van der Waals surface area contributed by atoms with E-state index in [1.165, 1.54) is 0 Å². The quantitative estimate of drug-likeness (QED) is 0.798. The minimum Gasteiger partial charge on any atom is -0.356 e. The third-order valence-corrected chi connectivity index (χ3v) is 3.43. The molecule has 0 unspecified atom stereocenters. The van der Waals surface area contributed by atoms with Gasteiger partial charge in [0, 0.05) is 11.1 Å². The zero-order valence-electron chi connectivity index (χ0n) is 11.6. The molecule has 0 radical (unpaired) electrons. The summed E-state index contributed by atoms with van der Waals surface area (Å²) in [5, 5.41) is 8.32. The molecular formula is C18H12N2O2. The van der Waals surface area contributed by atoms with Crippen molar-refractivity contribution in [3.05, 3.63) is 71.8 Å². The highest BCUT2D eigenvalue weighted by atomic mass is 16.6. The first-order valence-corrected chi connectivity index (χ1v) is 6.95. The molecule has 0 aromatic heterocycles. The van der Waals surface area contributed by atoms with Crippen LogP contribution in [0.25, 0.3) is 12.2 Å². The number of fused-ring (bicyclic) bond motifs is 2. The van der Waals surface area contributed by atoms with Crippen molar-refractivity contribution in [2.24, 2.45) is 10.3 Å². The van der Waals surface area contributed by atoms with Gasteiger partial charge in [-0.2, -0.15) is 0 Å². The van der Waals surface area contributed by atoms with E-state index in [-0.39, 0.29) is 0 Å². The molecule has 106 valence electrons. The number of hydrogen-bond acceptors (Lipinski definition) is 4. The van der Waals surface area contributed by atoms with Crippen molar-refractivity contribution in [2.75, 3.05) is 0 Å². The highest BCUT2D eigenvalue weighted by molar-refractivity contribution is 6.51. The maximum absolute atomic E-state index is 5.49. The SMILES string of the molecule is C1=Cc2ccccc2ON=C1C1=NOc2ccccc2C=C1. The van der Waals surface area contributed by atoms with E-state index in [0.29, 0.717) is 11.4 Å². The molecule has 4 rings (SSSR count). The van der Waals surface area contributed by atoms with E-state index in [4.69, 9.17) is 9.68 Å². The molecule has 0 aliphatic carbocycles. The first kappa shape index (κ1) is 12.6. The van der Waals surface area contributed by atoms with Crippen molar-refractivity contribution in [3.8, 4) is 11.5 Å². The monoisotopic (exact) mass is 288 g/mol. The predicted octanol–water partition coefficient (Wildman–Crippen LogP) is 3.91. The Balaban J connectivity index is 1.67. The first-order valence-electron chi connectivity index (χ1n) is 6.95. The average Bonchev–Trinajstić information content (AvgIpc) is 2.91. The second-order valence-electron chi connectivity index (χ2n) is 4.88. The molecule has 2 aliphatic heterocycles. The van der Waals surface area contributed by atoms with E-state index in [1.54, 1.807) is 0 Å². The Labute approximate surface area is 127 Å². The van der Waals surface area contributed by atoms with Gasteiger partial charge in [-0.1, -0.05) is 46.7 Å². The van der Waals surface area contributed by atoms with Crippen LogP contribution in [0.15, 0.2) is 71.0 Å². The molecular weight excluding hydrogens is 276 g/mol. The van der Waals surface area contributed by atoms with E-state index in [1.807, 2.05) is 72.8 Å². The standard InChI is InChI=1S/C18H12N2O2/c1-3-7-17-13(5-1)9-11-15(19-21-17)16-12-10-14-6-2-4-8-18(14)22-20-16/h1-12H. The second kappa shape index (κ2) is 5.33.